The van der Waals surface area contributed by atoms with Gasteiger partial charge in [0.2, 0.25) is 0 Å². The SMILES string of the molecule is NCc1cnc(Sc2ccc3ccccc3c2)s1. The Bertz CT molecular complexity index is 676. The van der Waals surface area contributed by atoms with Gasteiger partial charge in [-0.25, -0.2) is 4.98 Å². The van der Waals surface area contributed by atoms with Gasteiger partial charge in [-0.1, -0.05) is 42.1 Å². The zero-order valence-corrected chi connectivity index (χ0v) is 11.3. The predicted molar refractivity (Wildman–Crippen MR) is 78.1 cm³/mol. The summed E-state index contributed by atoms with van der Waals surface area (Å²) in [6.07, 6.45) is 1.86. The summed E-state index contributed by atoms with van der Waals surface area (Å²) in [6.45, 7) is 0.565. The second-order valence-corrected chi connectivity index (χ2v) is 6.34. The highest BCUT2D eigenvalue weighted by atomic mass is 32.2. The Balaban J connectivity index is 1.90. The minimum Gasteiger partial charge on any atom is -0.326 e. The zero-order chi connectivity index (χ0) is 12.4. The first-order valence-corrected chi connectivity index (χ1v) is 7.30. The van der Waals surface area contributed by atoms with Crippen molar-refractivity contribution in [3.05, 3.63) is 53.5 Å². The van der Waals surface area contributed by atoms with Crippen molar-refractivity contribution in [2.24, 2.45) is 5.73 Å². The van der Waals surface area contributed by atoms with Gasteiger partial charge in [0.05, 0.1) is 0 Å². The highest BCUT2D eigenvalue weighted by Crippen LogP contribution is 2.32. The number of aromatic nitrogens is 1. The summed E-state index contributed by atoms with van der Waals surface area (Å²) in [5.41, 5.74) is 5.59. The van der Waals surface area contributed by atoms with Crippen LogP contribution in [-0.4, -0.2) is 4.98 Å². The van der Waals surface area contributed by atoms with E-state index in [4.69, 9.17) is 5.73 Å². The number of hydrogen-bond acceptors (Lipinski definition) is 4. The van der Waals surface area contributed by atoms with Crippen LogP contribution in [0.3, 0.4) is 0 Å². The summed E-state index contributed by atoms with van der Waals surface area (Å²) >= 11 is 3.35. The predicted octanol–water partition coefficient (Wildman–Crippen LogP) is 3.91. The second-order valence-electron chi connectivity index (χ2n) is 3.91. The van der Waals surface area contributed by atoms with Crippen molar-refractivity contribution in [2.45, 2.75) is 15.8 Å². The molecule has 0 amide bonds. The van der Waals surface area contributed by atoms with Crippen LogP contribution < -0.4 is 5.73 Å². The molecule has 0 fully saturated rings. The summed E-state index contributed by atoms with van der Waals surface area (Å²) < 4.78 is 1.05. The van der Waals surface area contributed by atoms with Crippen molar-refractivity contribution >= 4 is 33.9 Å². The normalized spacial score (nSPS) is 10.9. The molecule has 0 spiro atoms. The molecule has 0 aliphatic heterocycles. The lowest BCUT2D eigenvalue weighted by atomic mass is 10.1. The number of fused-ring (bicyclic) bond motifs is 1. The van der Waals surface area contributed by atoms with Crippen LogP contribution in [0.2, 0.25) is 0 Å². The van der Waals surface area contributed by atoms with E-state index in [-0.39, 0.29) is 0 Å². The first-order chi connectivity index (χ1) is 8.85. The minimum atomic E-state index is 0.565. The summed E-state index contributed by atoms with van der Waals surface area (Å²) in [5.74, 6) is 0. The monoisotopic (exact) mass is 272 g/mol. The van der Waals surface area contributed by atoms with Crippen molar-refractivity contribution in [1.82, 2.24) is 4.98 Å². The lowest BCUT2D eigenvalue weighted by molar-refractivity contribution is 1.09. The van der Waals surface area contributed by atoms with E-state index in [9.17, 15) is 0 Å². The van der Waals surface area contributed by atoms with E-state index in [0.717, 1.165) is 9.22 Å². The molecule has 0 saturated heterocycles. The Labute approximate surface area is 114 Å². The maximum absolute atomic E-state index is 5.59. The standard InChI is InChI=1S/C14H12N2S2/c15-8-13-9-16-14(18-13)17-12-6-5-10-3-1-2-4-11(10)7-12/h1-7,9H,8,15H2. The molecule has 2 nitrogen and oxygen atoms in total. The number of thiazole rings is 1. The fourth-order valence-electron chi connectivity index (χ4n) is 1.76. The summed E-state index contributed by atoms with van der Waals surface area (Å²) in [4.78, 5) is 6.70. The van der Waals surface area contributed by atoms with E-state index < -0.39 is 0 Å². The van der Waals surface area contributed by atoms with Gasteiger partial charge in [0.15, 0.2) is 4.34 Å². The van der Waals surface area contributed by atoms with Gasteiger partial charge in [0.1, 0.15) is 0 Å². The van der Waals surface area contributed by atoms with Crippen LogP contribution in [0.25, 0.3) is 10.8 Å². The van der Waals surface area contributed by atoms with Crippen molar-refractivity contribution < 1.29 is 0 Å². The number of nitrogens with zero attached hydrogens (tertiary/aromatic N) is 1. The molecular weight excluding hydrogens is 260 g/mol. The molecule has 0 aliphatic rings. The fraction of sp³-hybridized carbons (Fsp3) is 0.0714. The topological polar surface area (TPSA) is 38.9 Å². The maximum atomic E-state index is 5.59. The molecule has 0 atom stereocenters. The number of nitrogens with two attached hydrogens (primary N) is 1. The average Bonchev–Trinajstić information content (AvgIpc) is 2.86. The van der Waals surface area contributed by atoms with Crippen LogP contribution in [0.1, 0.15) is 4.88 Å². The van der Waals surface area contributed by atoms with Crippen LogP contribution >= 0.6 is 23.1 Å². The third kappa shape index (κ3) is 2.41. The first-order valence-electron chi connectivity index (χ1n) is 5.66. The molecule has 0 radical (unpaired) electrons. The molecule has 4 heteroatoms. The van der Waals surface area contributed by atoms with Gasteiger partial charge in [-0.2, -0.15) is 0 Å². The van der Waals surface area contributed by atoms with Gasteiger partial charge >= 0.3 is 0 Å². The third-order valence-electron chi connectivity index (χ3n) is 2.66. The largest absolute Gasteiger partial charge is 0.326 e. The van der Waals surface area contributed by atoms with Crippen LogP contribution in [-0.2, 0) is 6.54 Å². The Morgan fingerprint density at radius 3 is 2.72 bits per heavy atom. The Kier molecular flexibility index (Phi) is 3.32. The lowest BCUT2D eigenvalue weighted by Crippen LogP contribution is -1.91. The van der Waals surface area contributed by atoms with Gasteiger partial charge in [-0.05, 0) is 22.9 Å². The highest BCUT2D eigenvalue weighted by Gasteiger charge is 2.03. The van der Waals surface area contributed by atoms with Crippen LogP contribution in [0.4, 0.5) is 0 Å². The fourth-order valence-corrected chi connectivity index (χ4v) is 3.69. The molecule has 2 N–H and O–H groups in total. The molecule has 3 rings (SSSR count). The van der Waals surface area contributed by atoms with E-state index in [1.807, 2.05) is 6.20 Å². The molecular formula is C14H12N2S2. The molecule has 0 aliphatic carbocycles. The molecule has 18 heavy (non-hydrogen) atoms. The molecule has 0 unspecified atom stereocenters. The zero-order valence-electron chi connectivity index (χ0n) is 9.67. The van der Waals surface area contributed by atoms with E-state index in [0.29, 0.717) is 6.54 Å². The van der Waals surface area contributed by atoms with Crippen molar-refractivity contribution in [1.29, 1.82) is 0 Å². The molecule has 3 aromatic rings. The Morgan fingerprint density at radius 2 is 1.94 bits per heavy atom. The number of hydrogen-bond donors (Lipinski definition) is 1. The van der Waals surface area contributed by atoms with E-state index >= 15 is 0 Å². The van der Waals surface area contributed by atoms with E-state index in [2.05, 4.69) is 47.4 Å². The number of benzene rings is 2. The van der Waals surface area contributed by atoms with Gasteiger partial charge in [0.25, 0.3) is 0 Å². The minimum absolute atomic E-state index is 0.565. The average molecular weight is 272 g/mol. The van der Waals surface area contributed by atoms with E-state index in [1.165, 1.54) is 15.7 Å². The smallest absolute Gasteiger partial charge is 0.154 e. The number of rotatable bonds is 3. The van der Waals surface area contributed by atoms with E-state index in [1.54, 1.807) is 23.1 Å². The molecule has 0 saturated carbocycles. The third-order valence-corrected chi connectivity index (χ3v) is 4.74. The van der Waals surface area contributed by atoms with Crippen molar-refractivity contribution in [3.63, 3.8) is 0 Å². The second kappa shape index (κ2) is 5.10. The van der Waals surface area contributed by atoms with Crippen LogP contribution in [0.15, 0.2) is 57.9 Å². The summed E-state index contributed by atoms with van der Waals surface area (Å²) in [5, 5.41) is 2.53. The lowest BCUT2D eigenvalue weighted by Gasteiger charge is -2.01. The van der Waals surface area contributed by atoms with Gasteiger partial charge in [-0.15, -0.1) is 11.3 Å². The van der Waals surface area contributed by atoms with Gasteiger partial charge in [0, 0.05) is 22.5 Å². The van der Waals surface area contributed by atoms with Crippen molar-refractivity contribution in [3.8, 4) is 0 Å². The quantitative estimate of drug-likeness (QED) is 0.785. The Morgan fingerprint density at radius 1 is 1.11 bits per heavy atom. The molecule has 1 aromatic heterocycles. The molecule has 90 valence electrons. The van der Waals surface area contributed by atoms with Crippen molar-refractivity contribution in [2.75, 3.05) is 0 Å². The van der Waals surface area contributed by atoms with Gasteiger partial charge in [-0.3, -0.25) is 0 Å². The maximum Gasteiger partial charge on any atom is 0.154 e. The summed E-state index contributed by atoms with van der Waals surface area (Å²) in [6, 6.07) is 14.9. The summed E-state index contributed by atoms with van der Waals surface area (Å²) in [7, 11) is 0. The van der Waals surface area contributed by atoms with Crippen LogP contribution in [0, 0.1) is 0 Å². The van der Waals surface area contributed by atoms with Crippen LogP contribution in [0.5, 0.6) is 0 Å². The Hall–Kier alpha value is -1.36. The first kappa shape index (κ1) is 11.7. The highest BCUT2D eigenvalue weighted by molar-refractivity contribution is 8.01. The molecule has 2 aromatic carbocycles. The van der Waals surface area contributed by atoms with Gasteiger partial charge < -0.3 is 5.73 Å². The molecule has 0 bridgehead atoms. The molecule has 1 heterocycles.